The van der Waals surface area contributed by atoms with E-state index in [2.05, 4.69) is 17.1 Å². The molecule has 0 saturated carbocycles. The summed E-state index contributed by atoms with van der Waals surface area (Å²) in [5.74, 6) is 0.866. The van der Waals surface area contributed by atoms with E-state index >= 15 is 0 Å². The molecule has 2 N–H and O–H groups in total. The van der Waals surface area contributed by atoms with E-state index in [9.17, 15) is 0 Å². The zero-order valence-corrected chi connectivity index (χ0v) is 12.2. The number of rotatable bonds is 3. The average Bonchev–Trinajstić information content (AvgIpc) is 2.54. The molecule has 0 bridgehead atoms. The van der Waals surface area contributed by atoms with Crippen molar-refractivity contribution in [2.24, 2.45) is 5.73 Å². The minimum atomic E-state index is -0.189. The van der Waals surface area contributed by atoms with Crippen LogP contribution in [0.5, 0.6) is 5.75 Å². The molecule has 3 rings (SSSR count). The molecule has 0 aliphatic carbocycles. The van der Waals surface area contributed by atoms with Crippen molar-refractivity contribution in [3.63, 3.8) is 0 Å². The molecule has 21 heavy (non-hydrogen) atoms. The van der Waals surface area contributed by atoms with Gasteiger partial charge in [0.25, 0.3) is 0 Å². The minimum Gasteiger partial charge on any atom is -0.496 e. The van der Waals surface area contributed by atoms with E-state index in [1.807, 2.05) is 43.5 Å². The lowest BCUT2D eigenvalue weighted by Gasteiger charge is -2.16. The molecule has 106 valence electrons. The van der Waals surface area contributed by atoms with Crippen molar-refractivity contribution in [3.05, 3.63) is 71.5 Å². The Hall–Kier alpha value is -2.39. The topological polar surface area (TPSA) is 48.1 Å². The van der Waals surface area contributed by atoms with Crippen molar-refractivity contribution >= 4 is 10.8 Å². The second kappa shape index (κ2) is 5.54. The number of fused-ring (bicyclic) bond motifs is 1. The van der Waals surface area contributed by atoms with Gasteiger partial charge in [-0.25, -0.2) is 0 Å². The Bertz CT molecular complexity index is 778. The van der Waals surface area contributed by atoms with E-state index in [4.69, 9.17) is 10.5 Å². The van der Waals surface area contributed by atoms with Gasteiger partial charge in [-0.15, -0.1) is 0 Å². The summed E-state index contributed by atoms with van der Waals surface area (Å²) >= 11 is 0. The Morgan fingerprint density at radius 2 is 2.00 bits per heavy atom. The van der Waals surface area contributed by atoms with Crippen molar-refractivity contribution in [1.82, 2.24) is 4.98 Å². The van der Waals surface area contributed by atoms with Crippen molar-refractivity contribution in [3.8, 4) is 5.75 Å². The molecule has 1 heterocycles. The van der Waals surface area contributed by atoms with Gasteiger partial charge in [-0.3, -0.25) is 4.98 Å². The molecule has 3 heteroatoms. The molecule has 0 fully saturated rings. The van der Waals surface area contributed by atoms with Gasteiger partial charge in [0.05, 0.1) is 13.2 Å². The highest BCUT2D eigenvalue weighted by atomic mass is 16.5. The van der Waals surface area contributed by atoms with E-state index in [-0.39, 0.29) is 6.04 Å². The predicted octanol–water partition coefficient (Wildman–Crippen LogP) is 3.60. The fourth-order valence-corrected chi connectivity index (χ4v) is 2.63. The molecule has 0 aliphatic heterocycles. The van der Waals surface area contributed by atoms with Gasteiger partial charge in [-0.05, 0) is 41.1 Å². The van der Waals surface area contributed by atoms with Crippen LogP contribution in [0.15, 0.2) is 54.9 Å². The van der Waals surface area contributed by atoms with Crippen LogP contribution in [0.1, 0.15) is 22.7 Å². The van der Waals surface area contributed by atoms with Crippen LogP contribution in [-0.4, -0.2) is 12.1 Å². The second-order valence-electron chi connectivity index (χ2n) is 5.15. The molecule has 3 aromatic rings. The van der Waals surface area contributed by atoms with Crippen molar-refractivity contribution < 1.29 is 4.74 Å². The first-order valence-electron chi connectivity index (χ1n) is 6.93. The number of nitrogens with two attached hydrogens (primary N) is 1. The summed E-state index contributed by atoms with van der Waals surface area (Å²) in [5, 5.41) is 2.24. The molecule has 2 aromatic carbocycles. The molecule has 0 radical (unpaired) electrons. The zero-order valence-electron chi connectivity index (χ0n) is 12.2. The third kappa shape index (κ3) is 2.48. The zero-order chi connectivity index (χ0) is 14.8. The fourth-order valence-electron chi connectivity index (χ4n) is 2.63. The van der Waals surface area contributed by atoms with Crippen LogP contribution in [0.2, 0.25) is 0 Å². The Morgan fingerprint density at radius 1 is 1.14 bits per heavy atom. The Kier molecular flexibility index (Phi) is 3.59. The smallest absolute Gasteiger partial charge is 0.122 e. The molecule has 0 spiro atoms. The molecule has 0 saturated heterocycles. The summed E-state index contributed by atoms with van der Waals surface area (Å²) in [6.45, 7) is 2.03. The molecule has 3 nitrogen and oxygen atoms in total. The standard InChI is InChI=1S/C18H18N2O/c1-12-6-7-13(10-17(12)21-2)18(19)16-5-3-4-14-11-20-9-8-15(14)16/h3-11,18H,19H2,1-2H3. The summed E-state index contributed by atoms with van der Waals surface area (Å²) in [5.41, 5.74) is 9.73. The first kappa shape index (κ1) is 13.6. The maximum Gasteiger partial charge on any atom is 0.122 e. The summed E-state index contributed by atoms with van der Waals surface area (Å²) in [7, 11) is 1.68. The van der Waals surface area contributed by atoms with E-state index in [0.717, 1.165) is 33.2 Å². The molecule has 0 aliphatic rings. The average molecular weight is 278 g/mol. The van der Waals surface area contributed by atoms with Gasteiger partial charge in [-0.2, -0.15) is 0 Å². The molecular weight excluding hydrogens is 260 g/mol. The van der Waals surface area contributed by atoms with E-state index in [1.165, 1.54) is 0 Å². The van der Waals surface area contributed by atoms with E-state index < -0.39 is 0 Å². The molecule has 1 atom stereocenters. The van der Waals surface area contributed by atoms with Crippen LogP contribution in [0, 0.1) is 6.92 Å². The van der Waals surface area contributed by atoms with E-state index in [1.54, 1.807) is 13.3 Å². The lowest BCUT2D eigenvalue weighted by Crippen LogP contribution is -2.12. The van der Waals surface area contributed by atoms with Gasteiger partial charge in [-0.1, -0.05) is 30.3 Å². The third-order valence-electron chi connectivity index (χ3n) is 3.84. The first-order chi connectivity index (χ1) is 10.2. The number of aromatic nitrogens is 1. The van der Waals surface area contributed by atoms with Gasteiger partial charge < -0.3 is 10.5 Å². The van der Waals surface area contributed by atoms with Gasteiger partial charge >= 0.3 is 0 Å². The summed E-state index contributed by atoms with van der Waals surface area (Å²) < 4.78 is 5.39. The van der Waals surface area contributed by atoms with Crippen molar-refractivity contribution in [1.29, 1.82) is 0 Å². The first-order valence-corrected chi connectivity index (χ1v) is 6.93. The maximum atomic E-state index is 6.48. The number of nitrogens with zero attached hydrogens (tertiary/aromatic N) is 1. The fraction of sp³-hybridized carbons (Fsp3) is 0.167. The van der Waals surface area contributed by atoms with Crippen molar-refractivity contribution in [2.45, 2.75) is 13.0 Å². The number of methoxy groups -OCH3 is 1. The van der Waals surface area contributed by atoms with Gasteiger partial charge in [0.2, 0.25) is 0 Å². The van der Waals surface area contributed by atoms with Crippen LogP contribution >= 0.6 is 0 Å². The third-order valence-corrected chi connectivity index (χ3v) is 3.84. The molecular formula is C18H18N2O. The monoisotopic (exact) mass is 278 g/mol. The van der Waals surface area contributed by atoms with Gasteiger partial charge in [0, 0.05) is 17.8 Å². The number of pyridine rings is 1. The number of hydrogen-bond acceptors (Lipinski definition) is 3. The molecule has 1 unspecified atom stereocenters. The highest BCUT2D eigenvalue weighted by molar-refractivity contribution is 5.85. The molecule has 1 aromatic heterocycles. The number of hydrogen-bond donors (Lipinski definition) is 1. The van der Waals surface area contributed by atoms with Crippen LogP contribution in [-0.2, 0) is 0 Å². The Labute approximate surface area is 124 Å². The SMILES string of the molecule is COc1cc(C(N)c2cccc3cnccc23)ccc1C. The predicted molar refractivity (Wildman–Crippen MR) is 85.5 cm³/mol. The quantitative estimate of drug-likeness (QED) is 0.796. The molecule has 0 amide bonds. The van der Waals surface area contributed by atoms with Crippen LogP contribution in [0.4, 0.5) is 0 Å². The summed E-state index contributed by atoms with van der Waals surface area (Å²) in [4.78, 5) is 4.16. The van der Waals surface area contributed by atoms with Gasteiger partial charge in [0.15, 0.2) is 0 Å². The lowest BCUT2D eigenvalue weighted by atomic mass is 9.94. The minimum absolute atomic E-state index is 0.189. The van der Waals surface area contributed by atoms with Crippen LogP contribution < -0.4 is 10.5 Å². The van der Waals surface area contributed by atoms with Crippen LogP contribution in [0.25, 0.3) is 10.8 Å². The van der Waals surface area contributed by atoms with E-state index in [0.29, 0.717) is 0 Å². The highest BCUT2D eigenvalue weighted by Crippen LogP contribution is 2.29. The van der Waals surface area contributed by atoms with Crippen LogP contribution in [0.3, 0.4) is 0 Å². The maximum absolute atomic E-state index is 6.48. The van der Waals surface area contributed by atoms with Gasteiger partial charge in [0.1, 0.15) is 5.75 Å². The highest BCUT2D eigenvalue weighted by Gasteiger charge is 2.13. The largest absolute Gasteiger partial charge is 0.496 e. The number of ether oxygens (including phenoxy) is 1. The summed E-state index contributed by atoms with van der Waals surface area (Å²) in [6.07, 6.45) is 3.66. The van der Waals surface area contributed by atoms with Crippen molar-refractivity contribution in [2.75, 3.05) is 7.11 Å². The number of aryl methyl sites for hydroxylation is 1. The normalized spacial score (nSPS) is 12.3. The Morgan fingerprint density at radius 3 is 2.81 bits per heavy atom. The lowest BCUT2D eigenvalue weighted by molar-refractivity contribution is 0.411. The Balaban J connectivity index is 2.10. The number of benzene rings is 2. The second-order valence-corrected chi connectivity index (χ2v) is 5.15. The summed E-state index contributed by atoms with van der Waals surface area (Å²) in [6, 6.07) is 14.1.